The van der Waals surface area contributed by atoms with E-state index in [0.29, 0.717) is 37.0 Å². The van der Waals surface area contributed by atoms with Crippen molar-refractivity contribution in [2.45, 2.75) is 148 Å². The Balaban J connectivity index is 0.000000169. The summed E-state index contributed by atoms with van der Waals surface area (Å²) in [7, 11) is 1.70. The first kappa shape index (κ1) is 40.8. The number of fused-ring (bicyclic) bond motifs is 2. The SMILES string of the molecule is CC(C)c1nc2c([nH]1)c(=NC1CCCC1)ncn2Cc1ccccc1Cl.COc1ccc(Cn2cnc(=NC3CCCC3)c3[nH]c(C(C)C)nc32)cc1OC1CCCC1. The van der Waals surface area contributed by atoms with Gasteiger partial charge < -0.3 is 28.6 Å². The smallest absolute Gasteiger partial charge is 0.176 e. The van der Waals surface area contributed by atoms with Crippen LogP contribution < -0.4 is 20.4 Å². The first-order chi connectivity index (χ1) is 28.7. The summed E-state index contributed by atoms with van der Waals surface area (Å²) in [4.78, 5) is 36.0. The Labute approximate surface area is 351 Å². The second-order valence-corrected chi connectivity index (χ2v) is 17.5. The molecule has 2 aromatic carbocycles. The van der Waals surface area contributed by atoms with Crippen molar-refractivity contribution in [2.75, 3.05) is 7.11 Å². The maximum absolute atomic E-state index is 6.35. The van der Waals surface area contributed by atoms with Crippen molar-refractivity contribution in [2.24, 2.45) is 9.98 Å². The van der Waals surface area contributed by atoms with Crippen LogP contribution in [0.25, 0.3) is 22.3 Å². The zero-order valence-corrected chi connectivity index (χ0v) is 36.0. The standard InChI is InChI=1S/C26H35N5O2.C20H24ClN5/c1-17(2)24-29-23-25(28-19-8-4-5-9-19)27-16-31(26(23)30-24)15-18-12-13-21(32-3)22(14-18)33-20-10-6-7-11-20;1-13(2)18-24-17-19(23-15-8-4-5-9-15)22-12-26(20(17)25-18)11-14-7-3-6-10-16(14)21/h12-14,16-17,19-20H,4-11,15H2,1-3H3,(H,29,30);3,6-7,10,12-13,15H,4-5,8-9,11H2,1-2H3,(H,24,25). The number of hydrogen-bond acceptors (Lipinski definition) is 8. The molecular weight excluding hydrogens is 760 g/mol. The Morgan fingerprint density at radius 1 is 0.695 bits per heavy atom. The van der Waals surface area contributed by atoms with E-state index in [1.54, 1.807) is 7.11 Å². The maximum atomic E-state index is 6.35. The van der Waals surface area contributed by atoms with Crippen LogP contribution in [0.5, 0.6) is 11.5 Å². The summed E-state index contributed by atoms with van der Waals surface area (Å²) in [5, 5.41) is 0.757. The highest BCUT2D eigenvalue weighted by Crippen LogP contribution is 2.33. The number of nitrogens with zero attached hydrogens (tertiary/aromatic N) is 8. The second kappa shape index (κ2) is 18.5. The van der Waals surface area contributed by atoms with E-state index >= 15 is 0 Å². The largest absolute Gasteiger partial charge is 0.493 e. The van der Waals surface area contributed by atoms with Gasteiger partial charge in [0.05, 0.1) is 51.0 Å². The lowest BCUT2D eigenvalue weighted by molar-refractivity contribution is 0.200. The Kier molecular flexibility index (Phi) is 12.8. The molecule has 9 rings (SSSR count). The Morgan fingerprint density at radius 3 is 1.75 bits per heavy atom. The van der Waals surface area contributed by atoms with Crippen molar-refractivity contribution >= 4 is 33.9 Å². The van der Waals surface area contributed by atoms with Gasteiger partial charge in [-0.05, 0) is 80.7 Å². The molecule has 3 aliphatic rings. The summed E-state index contributed by atoms with van der Waals surface area (Å²) in [5.41, 5.74) is 7.40. The van der Waals surface area contributed by atoms with E-state index < -0.39 is 0 Å². The molecule has 6 aromatic rings. The quantitative estimate of drug-likeness (QED) is 0.134. The van der Waals surface area contributed by atoms with E-state index in [1.165, 1.54) is 38.5 Å². The van der Waals surface area contributed by atoms with Crippen molar-refractivity contribution < 1.29 is 9.47 Å². The van der Waals surface area contributed by atoms with Crippen LogP contribution in [0.2, 0.25) is 5.02 Å². The lowest BCUT2D eigenvalue weighted by atomic mass is 10.2. The lowest BCUT2D eigenvalue weighted by Gasteiger charge is -2.17. The average Bonchev–Trinajstić information content (AvgIpc) is 4.09. The number of ether oxygens (including phenoxy) is 2. The number of hydrogen-bond donors (Lipinski definition) is 2. The van der Waals surface area contributed by atoms with Gasteiger partial charge in [-0.25, -0.2) is 19.9 Å². The van der Waals surface area contributed by atoms with Gasteiger partial charge in [0, 0.05) is 16.9 Å². The summed E-state index contributed by atoms with van der Waals surface area (Å²) in [6, 6.07) is 14.8. The second-order valence-electron chi connectivity index (χ2n) is 17.1. The maximum Gasteiger partial charge on any atom is 0.176 e. The van der Waals surface area contributed by atoms with Gasteiger partial charge in [0.1, 0.15) is 22.7 Å². The van der Waals surface area contributed by atoms with Crippen molar-refractivity contribution in [1.29, 1.82) is 0 Å². The van der Waals surface area contributed by atoms with Crippen LogP contribution in [0, 0.1) is 0 Å². The monoisotopic (exact) mass is 818 g/mol. The first-order valence-corrected chi connectivity index (χ1v) is 22.1. The molecule has 2 N–H and O–H groups in total. The van der Waals surface area contributed by atoms with Crippen LogP contribution in [0.15, 0.2) is 65.1 Å². The van der Waals surface area contributed by atoms with Crippen LogP contribution in [0.4, 0.5) is 0 Å². The van der Waals surface area contributed by atoms with Crippen molar-refractivity contribution in [1.82, 2.24) is 39.0 Å². The van der Waals surface area contributed by atoms with E-state index in [1.807, 2.05) is 47.6 Å². The average molecular weight is 819 g/mol. The van der Waals surface area contributed by atoms with E-state index in [9.17, 15) is 0 Å². The minimum Gasteiger partial charge on any atom is -0.493 e. The third-order valence-electron chi connectivity index (χ3n) is 11.9. The molecule has 0 amide bonds. The fraction of sp³-hybridized carbons (Fsp3) is 0.522. The molecule has 0 saturated heterocycles. The molecule has 59 heavy (non-hydrogen) atoms. The number of aromatic nitrogens is 8. The summed E-state index contributed by atoms with van der Waals surface area (Å²) in [5.74, 6) is 4.16. The number of aromatic amines is 2. The predicted molar refractivity (Wildman–Crippen MR) is 233 cm³/mol. The van der Waals surface area contributed by atoms with Gasteiger partial charge in [0.15, 0.2) is 33.8 Å². The minimum absolute atomic E-state index is 0.284. The van der Waals surface area contributed by atoms with Crippen LogP contribution in [-0.2, 0) is 13.1 Å². The summed E-state index contributed by atoms with van der Waals surface area (Å²) in [6.07, 6.45) is 18.4. The minimum atomic E-state index is 0.284. The third kappa shape index (κ3) is 9.59. The van der Waals surface area contributed by atoms with Gasteiger partial charge >= 0.3 is 0 Å². The van der Waals surface area contributed by atoms with Gasteiger partial charge in [-0.3, -0.25) is 9.98 Å². The van der Waals surface area contributed by atoms with E-state index in [-0.39, 0.29) is 6.10 Å². The molecule has 312 valence electrons. The van der Waals surface area contributed by atoms with Gasteiger partial charge in [-0.1, -0.05) is 89.2 Å². The fourth-order valence-electron chi connectivity index (χ4n) is 8.47. The molecular formula is C46H59ClN10O2. The summed E-state index contributed by atoms with van der Waals surface area (Å²) < 4.78 is 16.0. The zero-order valence-electron chi connectivity index (χ0n) is 35.3. The number of benzene rings is 2. The molecule has 3 saturated carbocycles. The highest BCUT2D eigenvalue weighted by molar-refractivity contribution is 6.31. The molecule has 0 unspecified atom stereocenters. The van der Waals surface area contributed by atoms with Gasteiger partial charge in [0.2, 0.25) is 0 Å². The summed E-state index contributed by atoms with van der Waals surface area (Å²) in [6.45, 7) is 9.86. The molecule has 4 aromatic heterocycles. The Bertz CT molecular complexity index is 2500. The van der Waals surface area contributed by atoms with Gasteiger partial charge in [0.25, 0.3) is 0 Å². The highest BCUT2D eigenvalue weighted by Gasteiger charge is 2.21. The molecule has 3 aliphatic carbocycles. The molecule has 0 atom stereocenters. The number of nitrogens with one attached hydrogen (secondary N) is 2. The van der Waals surface area contributed by atoms with Crippen molar-refractivity contribution in [3.63, 3.8) is 0 Å². The van der Waals surface area contributed by atoms with Crippen molar-refractivity contribution in [3.05, 3.63) is 93.9 Å². The molecule has 0 aliphatic heterocycles. The van der Waals surface area contributed by atoms with E-state index in [2.05, 4.69) is 59.3 Å². The number of imidazole rings is 2. The van der Waals surface area contributed by atoms with E-state index in [0.717, 1.165) is 111 Å². The molecule has 0 bridgehead atoms. The zero-order chi connectivity index (χ0) is 40.9. The normalized spacial score (nSPS) is 17.3. The number of halogens is 1. The van der Waals surface area contributed by atoms with Crippen LogP contribution in [0.3, 0.4) is 0 Å². The Hall–Kier alpha value is -4.97. The molecule has 3 fully saturated rings. The fourth-order valence-corrected chi connectivity index (χ4v) is 8.66. The lowest BCUT2D eigenvalue weighted by Crippen LogP contribution is -2.17. The molecule has 0 radical (unpaired) electrons. The molecule has 4 heterocycles. The van der Waals surface area contributed by atoms with Crippen molar-refractivity contribution in [3.8, 4) is 11.5 Å². The van der Waals surface area contributed by atoms with Crippen LogP contribution in [0.1, 0.15) is 139 Å². The Morgan fingerprint density at radius 2 is 1.22 bits per heavy atom. The number of rotatable bonds is 11. The highest BCUT2D eigenvalue weighted by atomic mass is 35.5. The molecule has 0 spiro atoms. The van der Waals surface area contributed by atoms with Crippen LogP contribution >= 0.6 is 11.6 Å². The van der Waals surface area contributed by atoms with E-state index in [4.69, 9.17) is 46.0 Å². The predicted octanol–water partition coefficient (Wildman–Crippen LogP) is 9.53. The van der Waals surface area contributed by atoms with Gasteiger partial charge in [-0.15, -0.1) is 0 Å². The van der Waals surface area contributed by atoms with Gasteiger partial charge in [-0.2, -0.15) is 0 Å². The number of H-pyrrole nitrogens is 2. The molecule has 13 heteroatoms. The van der Waals surface area contributed by atoms with Crippen LogP contribution in [-0.4, -0.2) is 64.3 Å². The topological polar surface area (TPSA) is 136 Å². The molecule has 12 nitrogen and oxygen atoms in total. The number of methoxy groups -OCH3 is 1. The third-order valence-corrected chi connectivity index (χ3v) is 12.2. The summed E-state index contributed by atoms with van der Waals surface area (Å²) >= 11 is 6.35. The first-order valence-electron chi connectivity index (χ1n) is 21.8.